The zero-order valence-corrected chi connectivity index (χ0v) is 23.8. The van der Waals surface area contributed by atoms with Crippen molar-refractivity contribution in [3.05, 3.63) is 136 Å². The normalized spacial score (nSPS) is 11.3. The molecule has 0 radical (unpaired) electrons. The second-order valence-corrected chi connectivity index (χ2v) is 10.4. The van der Waals surface area contributed by atoms with E-state index in [9.17, 15) is 24.8 Å². The number of nitro benzene ring substituents is 1. The molecule has 5 rings (SSSR count). The topological polar surface area (TPSA) is 117 Å². The number of benzene rings is 3. The standard InChI is InChI=1S/C29H26BrN5O5/c1-17-24(28(37)33(31(17)3)20-11-7-5-8-12-20)26(22-15-19(30)16-23(27(22)36)35(39)40)25-18(2)32(4)34(29(25)38)21-13-9-6-10-14-21/h5-16,26,36H,1-4H3. The molecule has 0 atom stereocenters. The molecule has 0 fully saturated rings. The summed E-state index contributed by atoms with van der Waals surface area (Å²) in [6.45, 7) is 3.50. The summed E-state index contributed by atoms with van der Waals surface area (Å²) in [5.74, 6) is -1.73. The van der Waals surface area contributed by atoms with Crippen LogP contribution in [0, 0.1) is 24.0 Å². The molecule has 2 heterocycles. The maximum absolute atomic E-state index is 14.2. The molecule has 204 valence electrons. The van der Waals surface area contributed by atoms with Crippen LogP contribution in [-0.2, 0) is 14.1 Å². The van der Waals surface area contributed by atoms with E-state index in [0.717, 1.165) is 0 Å². The Labute approximate surface area is 237 Å². The van der Waals surface area contributed by atoms with E-state index in [4.69, 9.17) is 0 Å². The van der Waals surface area contributed by atoms with Gasteiger partial charge in [0.2, 0.25) is 0 Å². The van der Waals surface area contributed by atoms with Gasteiger partial charge < -0.3 is 5.11 Å². The Balaban J connectivity index is 1.92. The third kappa shape index (κ3) is 4.19. The lowest BCUT2D eigenvalue weighted by molar-refractivity contribution is -0.386. The highest BCUT2D eigenvalue weighted by Gasteiger charge is 2.36. The molecule has 3 aromatic carbocycles. The van der Waals surface area contributed by atoms with Crippen LogP contribution in [0.25, 0.3) is 11.4 Å². The summed E-state index contributed by atoms with van der Waals surface area (Å²) >= 11 is 3.32. The van der Waals surface area contributed by atoms with Gasteiger partial charge in [0.1, 0.15) is 0 Å². The summed E-state index contributed by atoms with van der Waals surface area (Å²) in [6.07, 6.45) is 0. The van der Waals surface area contributed by atoms with E-state index in [-0.39, 0.29) is 16.7 Å². The highest BCUT2D eigenvalue weighted by molar-refractivity contribution is 9.10. The van der Waals surface area contributed by atoms with E-state index in [1.165, 1.54) is 21.5 Å². The molecule has 0 amide bonds. The average Bonchev–Trinajstić information content (AvgIpc) is 3.29. The SMILES string of the molecule is Cc1c(C(c2cc(Br)cc([N+](=O)[O-])c2O)c2c(C)n(C)n(-c3ccccc3)c2=O)c(=O)n(-c2ccccc2)n1C. The number of phenols is 1. The third-order valence-corrected chi connectivity index (χ3v) is 7.82. The van der Waals surface area contributed by atoms with Crippen molar-refractivity contribution in [2.75, 3.05) is 0 Å². The Hall–Kier alpha value is -4.64. The van der Waals surface area contributed by atoms with Crippen molar-refractivity contribution in [1.29, 1.82) is 0 Å². The molecule has 0 spiro atoms. The summed E-state index contributed by atoms with van der Waals surface area (Å²) in [4.78, 5) is 39.6. The van der Waals surface area contributed by atoms with Crippen molar-refractivity contribution < 1.29 is 10.0 Å². The number of nitro groups is 1. The smallest absolute Gasteiger partial charge is 0.312 e. The summed E-state index contributed by atoms with van der Waals surface area (Å²) in [5, 5.41) is 23.1. The van der Waals surface area contributed by atoms with Crippen molar-refractivity contribution in [3.8, 4) is 17.1 Å². The molecule has 1 N–H and O–H groups in total. The van der Waals surface area contributed by atoms with Crippen molar-refractivity contribution >= 4 is 21.6 Å². The van der Waals surface area contributed by atoms with Crippen LogP contribution in [-0.4, -0.2) is 28.8 Å². The zero-order valence-electron chi connectivity index (χ0n) is 22.2. The number of halogens is 1. The van der Waals surface area contributed by atoms with Crippen LogP contribution in [0.5, 0.6) is 5.75 Å². The lowest BCUT2D eigenvalue weighted by Gasteiger charge is -2.18. The van der Waals surface area contributed by atoms with Crippen LogP contribution in [0.4, 0.5) is 5.69 Å². The van der Waals surface area contributed by atoms with Crippen molar-refractivity contribution in [1.82, 2.24) is 18.7 Å². The maximum atomic E-state index is 14.2. The molecular formula is C29H26BrN5O5. The molecule has 40 heavy (non-hydrogen) atoms. The van der Waals surface area contributed by atoms with E-state index in [1.54, 1.807) is 61.6 Å². The fourth-order valence-corrected chi connectivity index (χ4v) is 5.73. The minimum atomic E-state index is -1.12. The van der Waals surface area contributed by atoms with Crippen LogP contribution < -0.4 is 11.1 Å². The first kappa shape index (κ1) is 26.9. The number of nitrogens with zero attached hydrogens (tertiary/aromatic N) is 5. The minimum absolute atomic E-state index is 0.0677. The van der Waals surface area contributed by atoms with Crippen LogP contribution >= 0.6 is 15.9 Å². The number of aromatic nitrogens is 4. The van der Waals surface area contributed by atoms with E-state index >= 15 is 0 Å². The number of rotatable bonds is 6. The monoisotopic (exact) mass is 603 g/mol. The molecule has 0 saturated carbocycles. The zero-order chi connectivity index (χ0) is 28.9. The van der Waals surface area contributed by atoms with Gasteiger partial charge in [0, 0.05) is 41.6 Å². The van der Waals surface area contributed by atoms with Gasteiger partial charge in [-0.1, -0.05) is 52.3 Å². The Morgan fingerprint density at radius 3 is 1.62 bits per heavy atom. The van der Waals surface area contributed by atoms with Gasteiger partial charge in [0.25, 0.3) is 11.1 Å². The molecule has 0 saturated heterocycles. The minimum Gasteiger partial charge on any atom is -0.502 e. The summed E-state index contributed by atoms with van der Waals surface area (Å²) in [7, 11) is 3.46. The van der Waals surface area contributed by atoms with E-state index < -0.39 is 33.4 Å². The molecule has 0 bridgehead atoms. The van der Waals surface area contributed by atoms with Gasteiger partial charge in [0.05, 0.1) is 33.3 Å². The predicted molar refractivity (Wildman–Crippen MR) is 155 cm³/mol. The number of hydrogen-bond donors (Lipinski definition) is 1. The van der Waals surface area contributed by atoms with Crippen molar-refractivity contribution in [3.63, 3.8) is 0 Å². The van der Waals surface area contributed by atoms with Crippen molar-refractivity contribution in [2.45, 2.75) is 19.8 Å². The number of phenolic OH excluding ortho intramolecular Hbond substituents is 1. The molecule has 10 nitrogen and oxygen atoms in total. The Morgan fingerprint density at radius 1 is 0.800 bits per heavy atom. The van der Waals surface area contributed by atoms with Gasteiger partial charge in [-0.3, -0.25) is 29.1 Å². The van der Waals surface area contributed by atoms with Gasteiger partial charge >= 0.3 is 5.69 Å². The first-order chi connectivity index (χ1) is 19.0. The predicted octanol–water partition coefficient (Wildman–Crippen LogP) is 4.84. The molecular weight excluding hydrogens is 578 g/mol. The van der Waals surface area contributed by atoms with Crippen LogP contribution in [0.15, 0.2) is 86.9 Å². The first-order valence-corrected chi connectivity index (χ1v) is 13.2. The molecule has 0 aliphatic heterocycles. The maximum Gasteiger partial charge on any atom is 0.312 e. The van der Waals surface area contributed by atoms with Crippen LogP contribution in [0.3, 0.4) is 0 Å². The van der Waals surface area contributed by atoms with Crippen LogP contribution in [0.1, 0.15) is 34.0 Å². The van der Waals surface area contributed by atoms with Crippen molar-refractivity contribution in [2.24, 2.45) is 14.1 Å². The van der Waals surface area contributed by atoms with E-state index in [2.05, 4.69) is 15.9 Å². The van der Waals surface area contributed by atoms with E-state index in [1.807, 2.05) is 36.4 Å². The number of para-hydroxylation sites is 2. The number of aromatic hydroxyl groups is 1. The molecule has 0 unspecified atom stereocenters. The molecule has 0 aliphatic carbocycles. The molecule has 2 aromatic heterocycles. The fourth-order valence-electron chi connectivity index (χ4n) is 5.26. The second-order valence-electron chi connectivity index (χ2n) is 9.50. The summed E-state index contributed by atoms with van der Waals surface area (Å²) < 4.78 is 6.64. The second kappa shape index (κ2) is 10.2. The Kier molecular flexibility index (Phi) is 6.84. The Bertz CT molecular complexity index is 1780. The summed E-state index contributed by atoms with van der Waals surface area (Å²) in [6, 6.07) is 20.8. The van der Waals surface area contributed by atoms with Gasteiger partial charge in [-0.25, -0.2) is 9.36 Å². The molecule has 0 aliphatic rings. The first-order valence-electron chi connectivity index (χ1n) is 12.4. The van der Waals surface area contributed by atoms with Gasteiger partial charge in [-0.05, 0) is 44.2 Å². The van der Waals surface area contributed by atoms with Gasteiger partial charge in [0.15, 0.2) is 5.75 Å². The highest BCUT2D eigenvalue weighted by atomic mass is 79.9. The largest absolute Gasteiger partial charge is 0.502 e. The number of hydrogen-bond acceptors (Lipinski definition) is 5. The van der Waals surface area contributed by atoms with Gasteiger partial charge in [-0.2, -0.15) is 0 Å². The Morgan fingerprint density at radius 2 is 1.23 bits per heavy atom. The molecule has 11 heteroatoms. The summed E-state index contributed by atoms with van der Waals surface area (Å²) in [5.41, 5.74) is 1.45. The van der Waals surface area contributed by atoms with Crippen LogP contribution in [0.2, 0.25) is 0 Å². The fraction of sp³-hybridized carbons (Fsp3) is 0.172. The average molecular weight is 604 g/mol. The quantitative estimate of drug-likeness (QED) is 0.220. The lowest BCUT2D eigenvalue weighted by atomic mass is 9.84. The molecule has 5 aromatic rings. The third-order valence-electron chi connectivity index (χ3n) is 7.37. The van der Waals surface area contributed by atoms with E-state index in [0.29, 0.717) is 27.2 Å². The highest BCUT2D eigenvalue weighted by Crippen LogP contribution is 2.43. The van der Waals surface area contributed by atoms with Gasteiger partial charge in [-0.15, -0.1) is 0 Å². The lowest BCUT2D eigenvalue weighted by Crippen LogP contribution is -2.26.